The number of benzene rings is 2. The smallest absolute Gasteiger partial charge is 0.359 e. The van der Waals surface area contributed by atoms with E-state index in [2.05, 4.69) is 5.10 Å². The van der Waals surface area contributed by atoms with Gasteiger partial charge >= 0.3 is 5.97 Å². The second-order valence-corrected chi connectivity index (χ2v) is 13.1. The number of hydrogen-bond donors (Lipinski definition) is 0. The van der Waals surface area contributed by atoms with Gasteiger partial charge in [-0.2, -0.15) is 5.10 Å². The molecule has 0 spiro atoms. The van der Waals surface area contributed by atoms with Gasteiger partial charge in [0.1, 0.15) is 5.60 Å². The monoisotopic (exact) mass is 658 g/mol. The average Bonchev–Trinajstić information content (AvgIpc) is 3.26. The number of ketones is 2. The molecule has 11 heteroatoms. The van der Waals surface area contributed by atoms with Gasteiger partial charge in [0.05, 0.1) is 30.6 Å². The minimum absolute atomic E-state index is 0.0838. The van der Waals surface area contributed by atoms with E-state index in [4.69, 9.17) is 49.0 Å². The van der Waals surface area contributed by atoms with Gasteiger partial charge in [-0.15, -0.1) is 0 Å². The Morgan fingerprint density at radius 1 is 0.864 bits per heavy atom. The Balaban J connectivity index is 1.71. The van der Waals surface area contributed by atoms with Crippen LogP contribution in [0.15, 0.2) is 65.1 Å². The molecule has 44 heavy (non-hydrogen) atoms. The van der Waals surface area contributed by atoms with Crippen molar-refractivity contribution in [3.05, 3.63) is 91.5 Å². The minimum Gasteiger partial charge on any atom is -0.489 e. The molecule has 4 rings (SSSR count). The Morgan fingerprint density at radius 3 is 2.00 bits per heavy atom. The molecule has 8 nitrogen and oxygen atoms in total. The van der Waals surface area contributed by atoms with Gasteiger partial charge in [0, 0.05) is 32.3 Å². The molecule has 0 N–H and O–H groups in total. The fraction of sp³-hybridized carbons (Fsp3) is 0.333. The van der Waals surface area contributed by atoms with Gasteiger partial charge in [0.25, 0.3) is 0 Å². The molecule has 1 aromatic heterocycles. The molecule has 1 aliphatic carbocycles. The van der Waals surface area contributed by atoms with Crippen molar-refractivity contribution >= 4 is 52.3 Å². The molecule has 0 atom stereocenters. The number of ether oxygens (including phenoxy) is 3. The molecular formula is C33H33Cl3N2O6. The Kier molecular flexibility index (Phi) is 9.40. The first kappa shape index (κ1) is 33.3. The molecule has 2 aromatic carbocycles. The number of rotatable bonds is 9. The van der Waals surface area contributed by atoms with E-state index in [1.54, 1.807) is 62.7 Å². The van der Waals surface area contributed by atoms with Crippen LogP contribution in [0.1, 0.15) is 57.1 Å². The molecule has 0 radical (unpaired) electrons. The lowest BCUT2D eigenvalue weighted by Crippen LogP contribution is -2.39. The van der Waals surface area contributed by atoms with Crippen LogP contribution in [0.4, 0.5) is 0 Å². The number of aromatic nitrogens is 2. The third kappa shape index (κ3) is 6.29. The van der Waals surface area contributed by atoms with Crippen LogP contribution in [0, 0.1) is 12.3 Å². The fourth-order valence-corrected chi connectivity index (χ4v) is 6.53. The van der Waals surface area contributed by atoms with Crippen LogP contribution in [0.25, 0.3) is 16.9 Å². The number of methoxy groups -OCH3 is 2. The molecule has 0 aliphatic heterocycles. The molecule has 0 saturated carbocycles. The van der Waals surface area contributed by atoms with Crippen molar-refractivity contribution in [1.82, 2.24) is 9.78 Å². The van der Waals surface area contributed by atoms with Gasteiger partial charge in [0.2, 0.25) is 23.1 Å². The van der Waals surface area contributed by atoms with Gasteiger partial charge in [0.15, 0.2) is 5.69 Å². The fourth-order valence-electron chi connectivity index (χ4n) is 5.91. The van der Waals surface area contributed by atoms with Crippen molar-refractivity contribution in [3.63, 3.8) is 0 Å². The summed E-state index contributed by atoms with van der Waals surface area (Å²) in [5.41, 5.74) is 1.07. The van der Waals surface area contributed by atoms with E-state index in [-0.39, 0.29) is 34.8 Å². The number of Topliss-reactive ketones (excluding diaryl/α,β-unsaturated/α-hetero) is 2. The van der Waals surface area contributed by atoms with E-state index in [1.165, 1.54) is 14.2 Å². The van der Waals surface area contributed by atoms with Crippen LogP contribution in [-0.4, -0.2) is 47.1 Å². The lowest BCUT2D eigenvalue weighted by molar-refractivity contribution is -0.122. The molecule has 0 amide bonds. The van der Waals surface area contributed by atoms with Gasteiger partial charge in [-0.1, -0.05) is 60.8 Å². The van der Waals surface area contributed by atoms with Crippen LogP contribution >= 0.6 is 34.8 Å². The van der Waals surface area contributed by atoms with E-state index in [0.29, 0.717) is 32.0 Å². The molecule has 0 fully saturated rings. The number of allylic oxidation sites excluding steroid dienone is 2. The van der Waals surface area contributed by atoms with Crippen LogP contribution in [0.3, 0.4) is 0 Å². The van der Waals surface area contributed by atoms with E-state index in [0.717, 1.165) is 5.56 Å². The summed E-state index contributed by atoms with van der Waals surface area (Å²) in [7, 11) is 2.63. The highest BCUT2D eigenvalue weighted by molar-refractivity contribution is 6.35. The number of halogens is 3. The summed E-state index contributed by atoms with van der Waals surface area (Å²) in [4.78, 5) is 40.3. The van der Waals surface area contributed by atoms with E-state index >= 15 is 0 Å². The maximum Gasteiger partial charge on any atom is 0.359 e. The molecule has 3 aromatic rings. The van der Waals surface area contributed by atoms with Crippen molar-refractivity contribution in [2.24, 2.45) is 5.41 Å². The van der Waals surface area contributed by atoms with Gasteiger partial charge in [-0.05, 0) is 69.9 Å². The van der Waals surface area contributed by atoms with Crippen LogP contribution < -0.4 is 0 Å². The van der Waals surface area contributed by atoms with Gasteiger partial charge < -0.3 is 14.2 Å². The largest absolute Gasteiger partial charge is 0.489 e. The van der Waals surface area contributed by atoms with Crippen molar-refractivity contribution in [2.45, 2.75) is 53.6 Å². The summed E-state index contributed by atoms with van der Waals surface area (Å²) in [6.45, 7) is 10.5. The van der Waals surface area contributed by atoms with E-state index in [9.17, 15) is 14.4 Å². The molecule has 1 aliphatic rings. The van der Waals surface area contributed by atoms with E-state index in [1.807, 2.05) is 26.0 Å². The second kappa shape index (κ2) is 12.4. The summed E-state index contributed by atoms with van der Waals surface area (Å²) in [5.74, 6) is -1.84. The van der Waals surface area contributed by atoms with Crippen molar-refractivity contribution in [2.75, 3.05) is 14.2 Å². The number of carbonyl (C=O) groups is 3. The summed E-state index contributed by atoms with van der Waals surface area (Å²) in [6, 6.07) is 12.1. The van der Waals surface area contributed by atoms with Crippen LogP contribution in [-0.2, 0) is 23.8 Å². The molecule has 0 saturated heterocycles. The maximum absolute atomic E-state index is 13.8. The number of nitrogens with zero attached hydrogens (tertiary/aromatic N) is 2. The Bertz CT molecular complexity index is 1730. The highest BCUT2D eigenvalue weighted by Crippen LogP contribution is 2.43. The highest BCUT2D eigenvalue weighted by atomic mass is 35.5. The second-order valence-electron chi connectivity index (χ2n) is 11.8. The third-order valence-corrected chi connectivity index (χ3v) is 8.24. The Morgan fingerprint density at radius 2 is 1.43 bits per heavy atom. The molecule has 0 unspecified atom stereocenters. The zero-order chi connectivity index (χ0) is 32.7. The Labute approximate surface area is 271 Å². The molecule has 232 valence electrons. The van der Waals surface area contributed by atoms with Gasteiger partial charge in [-0.25, -0.2) is 9.48 Å². The van der Waals surface area contributed by atoms with Gasteiger partial charge in [-0.3, -0.25) is 9.59 Å². The maximum atomic E-state index is 13.8. The standard InChI is InChI=1S/C33H33Cl3N2O6/c1-17-24(28(40)30(43-8)29(42-7)27(17)39)32(3,4)16-33(5,6)44-31(41)25-18(2)26(19-9-11-20(34)12-10-19)38(37-25)23-14-13-21(35)15-22(23)36/h9-15H,16H2,1-8H3. The Hall–Kier alpha value is -3.59. The topological polar surface area (TPSA) is 96.7 Å². The van der Waals surface area contributed by atoms with Crippen molar-refractivity contribution in [1.29, 1.82) is 0 Å². The summed E-state index contributed by atoms with van der Waals surface area (Å²) >= 11 is 18.8. The first-order valence-corrected chi connectivity index (χ1v) is 14.8. The molecule has 0 bridgehead atoms. The summed E-state index contributed by atoms with van der Waals surface area (Å²) in [5, 5.41) is 6.00. The summed E-state index contributed by atoms with van der Waals surface area (Å²) < 4.78 is 18.1. The molecular weight excluding hydrogens is 627 g/mol. The zero-order valence-electron chi connectivity index (χ0n) is 25.7. The zero-order valence-corrected chi connectivity index (χ0v) is 28.0. The number of esters is 1. The lowest BCUT2D eigenvalue weighted by atomic mass is 9.70. The number of carbonyl (C=O) groups excluding carboxylic acids is 3. The lowest BCUT2D eigenvalue weighted by Gasteiger charge is -2.37. The predicted molar refractivity (Wildman–Crippen MR) is 170 cm³/mol. The quantitative estimate of drug-likeness (QED) is 0.169. The SMILES string of the molecule is COC1=C(OC)C(=O)C(C(C)(C)CC(C)(C)OC(=O)c2nn(-c3ccc(Cl)cc3Cl)c(-c3ccc(Cl)cc3)c2C)=C(C)C1=O. The minimum atomic E-state index is -1.09. The molecule has 1 heterocycles. The van der Waals surface area contributed by atoms with E-state index < -0.39 is 28.6 Å². The third-order valence-electron chi connectivity index (χ3n) is 7.45. The number of hydrogen-bond acceptors (Lipinski definition) is 7. The normalized spacial score (nSPS) is 14.3. The van der Waals surface area contributed by atoms with Crippen molar-refractivity contribution < 1.29 is 28.6 Å². The predicted octanol–water partition coefficient (Wildman–Crippen LogP) is 8.13. The average molecular weight is 660 g/mol. The van der Waals surface area contributed by atoms with Crippen molar-refractivity contribution in [3.8, 4) is 16.9 Å². The van der Waals surface area contributed by atoms with Crippen LogP contribution in [0.5, 0.6) is 0 Å². The summed E-state index contributed by atoms with van der Waals surface area (Å²) in [6.07, 6.45) is 0.198. The first-order valence-electron chi connectivity index (χ1n) is 13.7. The first-order chi connectivity index (χ1) is 20.5. The highest BCUT2D eigenvalue weighted by Gasteiger charge is 2.44. The van der Waals surface area contributed by atoms with Crippen LogP contribution in [0.2, 0.25) is 15.1 Å².